The molecule has 1 amide bonds. The number of aromatic nitrogens is 2. The van der Waals surface area contributed by atoms with Crippen molar-refractivity contribution in [1.29, 1.82) is 5.26 Å². The van der Waals surface area contributed by atoms with Crippen LogP contribution in [0.1, 0.15) is 86.7 Å². The predicted molar refractivity (Wildman–Crippen MR) is 237 cm³/mol. The second-order valence-electron chi connectivity index (χ2n) is 16.0. The number of rotatable bonds is 18. The summed E-state index contributed by atoms with van der Waals surface area (Å²) in [4.78, 5) is 30.9. The van der Waals surface area contributed by atoms with Crippen LogP contribution >= 0.6 is 8.53 Å². The third-order valence-corrected chi connectivity index (χ3v) is 13.6. The molecule has 14 heteroatoms. The Morgan fingerprint density at radius 1 is 0.887 bits per heavy atom. The van der Waals surface area contributed by atoms with Crippen LogP contribution in [0.4, 0.5) is 5.82 Å². The van der Waals surface area contributed by atoms with Crippen LogP contribution in [0.25, 0.3) is 0 Å². The summed E-state index contributed by atoms with van der Waals surface area (Å²) in [6, 6.07) is 38.6. The van der Waals surface area contributed by atoms with E-state index in [1.54, 1.807) is 50.7 Å². The highest BCUT2D eigenvalue weighted by atomic mass is 31.2. The molecule has 1 aliphatic heterocycles. The van der Waals surface area contributed by atoms with E-state index in [9.17, 15) is 14.9 Å². The minimum atomic E-state index is -1.73. The zero-order valence-electron chi connectivity index (χ0n) is 36.0. The SMILES string of the molecule is COc1ccc(C(O[C@H]2C[C@H]3O[C@@H](n4ccc(NC(=O)c5ccccc5)nc4=O)C[C@@]3(OP(OCCC#N)N(C(C)C)C(C)C)C2)(c2ccccc2)c2ccc(OC)cc2)cc1. The summed E-state index contributed by atoms with van der Waals surface area (Å²) >= 11 is 0. The molecule has 0 radical (unpaired) electrons. The number of carbonyl (C=O) groups excluding carboxylic acids is 1. The van der Waals surface area contributed by atoms with Gasteiger partial charge in [0.15, 0.2) is 0 Å². The van der Waals surface area contributed by atoms with Crippen LogP contribution in [0.5, 0.6) is 11.5 Å². The van der Waals surface area contributed by atoms with E-state index in [1.807, 2.05) is 72.8 Å². The summed E-state index contributed by atoms with van der Waals surface area (Å²) in [6.45, 7) is 8.57. The number of hydrogen-bond acceptors (Lipinski definition) is 11. The molecular weight excluding hydrogens is 806 g/mol. The van der Waals surface area contributed by atoms with Gasteiger partial charge in [-0.15, -0.1) is 0 Å². The minimum absolute atomic E-state index is 0.0472. The van der Waals surface area contributed by atoms with Crippen molar-refractivity contribution in [2.45, 2.75) is 95.1 Å². The Morgan fingerprint density at radius 2 is 1.47 bits per heavy atom. The molecule has 5 atom stereocenters. The Labute approximate surface area is 364 Å². The maximum absolute atomic E-state index is 13.7. The highest BCUT2D eigenvalue weighted by molar-refractivity contribution is 7.44. The van der Waals surface area contributed by atoms with Gasteiger partial charge in [0, 0.05) is 43.1 Å². The fraction of sp³-hybridized carbons (Fsp3) is 0.375. The average molecular weight is 860 g/mol. The predicted octanol–water partition coefficient (Wildman–Crippen LogP) is 9.00. The van der Waals surface area contributed by atoms with Crippen LogP contribution in [0.15, 0.2) is 126 Å². The molecule has 0 bridgehead atoms. The fourth-order valence-corrected chi connectivity index (χ4v) is 10.4. The van der Waals surface area contributed by atoms with Gasteiger partial charge in [-0.2, -0.15) is 10.2 Å². The summed E-state index contributed by atoms with van der Waals surface area (Å²) in [5.41, 5.74) is 0.492. The van der Waals surface area contributed by atoms with Gasteiger partial charge in [0.05, 0.1) is 45.5 Å². The summed E-state index contributed by atoms with van der Waals surface area (Å²) in [5, 5.41) is 12.2. The van der Waals surface area contributed by atoms with Crippen molar-refractivity contribution in [3.8, 4) is 17.6 Å². The molecule has 13 nitrogen and oxygen atoms in total. The van der Waals surface area contributed by atoms with E-state index in [0.717, 1.165) is 16.7 Å². The molecule has 1 saturated carbocycles. The molecule has 324 valence electrons. The first-order valence-corrected chi connectivity index (χ1v) is 22.0. The topological polar surface area (TPSA) is 146 Å². The smallest absolute Gasteiger partial charge is 0.351 e. The van der Waals surface area contributed by atoms with Crippen LogP contribution in [0, 0.1) is 11.3 Å². The Bertz CT molecular complexity index is 2300. The van der Waals surface area contributed by atoms with E-state index >= 15 is 0 Å². The van der Waals surface area contributed by atoms with E-state index < -0.39 is 43.9 Å². The van der Waals surface area contributed by atoms with E-state index in [-0.39, 0.29) is 43.3 Å². The highest BCUT2D eigenvalue weighted by Gasteiger charge is 2.60. The van der Waals surface area contributed by atoms with Crippen LogP contribution < -0.4 is 20.5 Å². The molecule has 2 heterocycles. The van der Waals surface area contributed by atoms with Gasteiger partial charge in [-0.05, 0) is 86.8 Å². The Balaban J connectivity index is 1.27. The van der Waals surface area contributed by atoms with Crippen molar-refractivity contribution in [3.05, 3.63) is 154 Å². The average Bonchev–Trinajstić information content (AvgIpc) is 3.78. The molecule has 62 heavy (non-hydrogen) atoms. The number of methoxy groups -OCH3 is 2. The van der Waals surface area contributed by atoms with Gasteiger partial charge in [-0.1, -0.05) is 72.8 Å². The lowest BCUT2D eigenvalue weighted by Gasteiger charge is -2.41. The van der Waals surface area contributed by atoms with Gasteiger partial charge < -0.3 is 33.3 Å². The number of nitrogens with one attached hydrogen (secondary N) is 1. The van der Waals surface area contributed by atoms with E-state index in [2.05, 4.69) is 60.9 Å². The summed E-state index contributed by atoms with van der Waals surface area (Å²) in [6.07, 6.45) is 1.20. The molecule has 7 rings (SSSR count). The molecule has 2 aliphatic rings. The normalized spacial score (nSPS) is 20.2. The molecule has 1 saturated heterocycles. The standard InChI is InChI=1S/C48H54N5O8P/c1-33(2)53(34(3)4)62(58-29-13-27-49)61-47-31-41(30-42(47)59-44(32-47)52-28-26-43(51-46(52)55)50-45(54)35-14-9-7-10-15-35)60-48(36-16-11-8-12-17-36,37-18-22-39(56-5)23-19-37)38-20-24-40(57-6)25-21-38/h7-12,14-26,28,33-34,41-42,44H,13,29-32H2,1-6H3,(H,50,51,54,55)/t41-,42+,44+,47-,62?/m0/s1. The second-order valence-corrected chi connectivity index (χ2v) is 17.4. The van der Waals surface area contributed by atoms with Gasteiger partial charge in [0.2, 0.25) is 0 Å². The van der Waals surface area contributed by atoms with E-state index in [4.69, 9.17) is 28.0 Å². The highest BCUT2D eigenvalue weighted by Crippen LogP contribution is 2.59. The molecule has 1 unspecified atom stereocenters. The van der Waals surface area contributed by atoms with Gasteiger partial charge >= 0.3 is 5.69 Å². The number of fused-ring (bicyclic) bond motifs is 1. The molecule has 1 N–H and O–H groups in total. The first-order valence-electron chi connectivity index (χ1n) is 20.9. The molecule has 1 aliphatic carbocycles. The Hall–Kier alpha value is -5.45. The molecule has 1 aromatic heterocycles. The van der Waals surface area contributed by atoms with Crippen LogP contribution in [-0.4, -0.2) is 70.8 Å². The zero-order valence-corrected chi connectivity index (χ0v) is 36.9. The largest absolute Gasteiger partial charge is 0.497 e. The number of amides is 1. The van der Waals surface area contributed by atoms with Crippen LogP contribution in [0.3, 0.4) is 0 Å². The molecular formula is C48H54N5O8P. The van der Waals surface area contributed by atoms with Crippen LogP contribution in [0.2, 0.25) is 0 Å². The van der Waals surface area contributed by atoms with Gasteiger partial charge in [-0.3, -0.25) is 9.36 Å². The zero-order chi connectivity index (χ0) is 43.9. The summed E-state index contributed by atoms with van der Waals surface area (Å²) in [5.74, 6) is 1.19. The number of carbonyl (C=O) groups is 1. The number of ether oxygens (including phenoxy) is 4. The molecule has 2 fully saturated rings. The summed E-state index contributed by atoms with van der Waals surface area (Å²) in [7, 11) is 1.56. The third-order valence-electron chi connectivity index (χ3n) is 11.3. The lowest BCUT2D eigenvalue weighted by molar-refractivity contribution is -0.0657. The second kappa shape index (κ2) is 19.7. The lowest BCUT2D eigenvalue weighted by atomic mass is 9.79. The summed E-state index contributed by atoms with van der Waals surface area (Å²) < 4.78 is 43.1. The van der Waals surface area contributed by atoms with Crippen molar-refractivity contribution < 1.29 is 32.8 Å². The van der Waals surface area contributed by atoms with Gasteiger partial charge in [0.25, 0.3) is 14.4 Å². The molecule has 0 spiro atoms. The lowest BCUT2D eigenvalue weighted by Crippen LogP contribution is -2.41. The fourth-order valence-electron chi connectivity index (χ4n) is 8.56. The number of benzene rings is 4. The quantitative estimate of drug-likeness (QED) is 0.0512. The third kappa shape index (κ3) is 9.47. The number of anilines is 1. The van der Waals surface area contributed by atoms with Crippen molar-refractivity contribution in [2.24, 2.45) is 0 Å². The Kier molecular flexibility index (Phi) is 14.2. The number of hydrogen-bond donors (Lipinski definition) is 1. The minimum Gasteiger partial charge on any atom is -0.497 e. The van der Waals surface area contributed by atoms with E-state index in [0.29, 0.717) is 29.9 Å². The maximum atomic E-state index is 13.7. The number of nitrogens with zero attached hydrogens (tertiary/aromatic N) is 4. The van der Waals surface area contributed by atoms with E-state index in [1.165, 1.54) is 4.57 Å². The van der Waals surface area contributed by atoms with Crippen molar-refractivity contribution in [3.63, 3.8) is 0 Å². The van der Waals surface area contributed by atoms with Crippen LogP contribution in [-0.2, 0) is 24.1 Å². The Morgan fingerprint density at radius 3 is 2.02 bits per heavy atom. The van der Waals surface area contributed by atoms with Gasteiger partial charge in [0.1, 0.15) is 34.7 Å². The molecule has 5 aromatic rings. The molecule has 4 aromatic carbocycles. The first-order chi connectivity index (χ1) is 30.0. The first kappa shape index (κ1) is 44.6. The maximum Gasteiger partial charge on any atom is 0.351 e. The van der Waals surface area contributed by atoms with Crippen molar-refractivity contribution >= 4 is 20.3 Å². The number of nitriles is 1. The van der Waals surface area contributed by atoms with Crippen molar-refractivity contribution in [2.75, 3.05) is 26.1 Å². The van der Waals surface area contributed by atoms with Gasteiger partial charge in [-0.25, -0.2) is 9.46 Å². The van der Waals surface area contributed by atoms with Crippen molar-refractivity contribution in [1.82, 2.24) is 14.2 Å². The monoisotopic (exact) mass is 859 g/mol.